The minimum Gasteiger partial charge on any atom is -0.494 e. The molecule has 0 radical (unpaired) electrons. The van der Waals surface area contributed by atoms with Crippen LogP contribution in [0.15, 0.2) is 71.7 Å². The minimum absolute atomic E-state index is 0.0515. The monoisotopic (exact) mass is 623 g/mol. The largest absolute Gasteiger partial charge is 0.494 e. The maximum atomic E-state index is 13.4. The summed E-state index contributed by atoms with van der Waals surface area (Å²) in [5.74, 6) is 1.59. The Labute approximate surface area is 262 Å². The molecule has 2 amide bonds. The van der Waals surface area contributed by atoms with Gasteiger partial charge in [0.1, 0.15) is 11.0 Å². The molecule has 1 saturated heterocycles. The van der Waals surface area contributed by atoms with Crippen molar-refractivity contribution in [1.29, 1.82) is 0 Å². The highest BCUT2D eigenvalue weighted by molar-refractivity contribution is 8.15. The molecule has 1 heterocycles. The molecule has 0 unspecified atom stereocenters. The van der Waals surface area contributed by atoms with Crippen LogP contribution in [0, 0.1) is 0 Å². The lowest BCUT2D eigenvalue weighted by Crippen LogP contribution is -2.46. The van der Waals surface area contributed by atoms with Crippen molar-refractivity contribution in [2.75, 3.05) is 32.7 Å². The number of carbonyl (C=O) groups is 2. The van der Waals surface area contributed by atoms with E-state index in [1.807, 2.05) is 48.5 Å². The number of amidine groups is 1. The van der Waals surface area contributed by atoms with E-state index in [9.17, 15) is 9.59 Å². The Bertz CT molecular complexity index is 1420. The summed E-state index contributed by atoms with van der Waals surface area (Å²) in [6.45, 7) is 3.24. The Morgan fingerprint density at radius 2 is 1.81 bits per heavy atom. The molecule has 1 aliphatic heterocycles. The van der Waals surface area contributed by atoms with Gasteiger partial charge >= 0.3 is 0 Å². The summed E-state index contributed by atoms with van der Waals surface area (Å²) in [5, 5.41) is 3.29. The van der Waals surface area contributed by atoms with E-state index >= 15 is 0 Å². The molecule has 0 bridgehead atoms. The molecule has 1 fully saturated rings. The fourth-order valence-corrected chi connectivity index (χ4v) is 5.88. The zero-order valence-corrected chi connectivity index (χ0v) is 26.4. The van der Waals surface area contributed by atoms with Crippen LogP contribution in [0.1, 0.15) is 44.6 Å². The molecule has 8 nitrogen and oxygen atoms in total. The number of hydrogen-bond acceptors (Lipinski definition) is 7. The van der Waals surface area contributed by atoms with Crippen LogP contribution in [-0.2, 0) is 16.0 Å². The summed E-state index contributed by atoms with van der Waals surface area (Å²) in [6.07, 6.45) is 5.17. The number of halogens is 1. The molecule has 43 heavy (non-hydrogen) atoms. The van der Waals surface area contributed by atoms with E-state index in [1.165, 1.54) is 24.6 Å². The average molecular weight is 624 g/mol. The molecular formula is C33H38ClN3O5S. The first-order valence-electron chi connectivity index (χ1n) is 14.5. The van der Waals surface area contributed by atoms with Crippen LogP contribution < -0.4 is 19.5 Å². The van der Waals surface area contributed by atoms with E-state index in [0.29, 0.717) is 52.6 Å². The highest BCUT2D eigenvalue weighted by Gasteiger charge is 2.36. The van der Waals surface area contributed by atoms with Crippen LogP contribution in [0.2, 0.25) is 5.02 Å². The number of methoxy groups -OCH3 is 2. The molecule has 1 atom stereocenters. The standard InChI is InChI=1S/C33H38ClN3O5S/c1-4-5-6-7-19-42-27-14-12-25(13-15-27)35-32(39)30-22-31(38)37(33(43-30)36-26-10-8-9-24(34)21-26)18-17-23-11-16-28(40-2)29(20-23)41-3/h8-16,20-21,30H,4-7,17-19,22H2,1-3H3,(H,35,39)/t30-/m0/s1. The Hall–Kier alpha value is -3.69. The molecule has 0 saturated carbocycles. The molecule has 3 aromatic rings. The highest BCUT2D eigenvalue weighted by atomic mass is 35.5. The third-order valence-electron chi connectivity index (χ3n) is 6.93. The maximum Gasteiger partial charge on any atom is 0.238 e. The van der Waals surface area contributed by atoms with Gasteiger partial charge in [0, 0.05) is 23.7 Å². The van der Waals surface area contributed by atoms with Crippen LogP contribution in [0.3, 0.4) is 0 Å². The van der Waals surface area contributed by atoms with Crippen molar-refractivity contribution in [2.45, 2.75) is 50.7 Å². The number of unbranched alkanes of at least 4 members (excludes halogenated alkanes) is 3. The van der Waals surface area contributed by atoms with E-state index in [-0.39, 0.29) is 18.2 Å². The number of nitrogens with zero attached hydrogens (tertiary/aromatic N) is 2. The maximum absolute atomic E-state index is 13.4. The van der Waals surface area contributed by atoms with Crippen molar-refractivity contribution in [2.24, 2.45) is 4.99 Å². The molecule has 0 aromatic heterocycles. The van der Waals surface area contributed by atoms with Gasteiger partial charge in [0.05, 0.1) is 26.5 Å². The number of nitrogens with one attached hydrogen (secondary N) is 1. The summed E-state index contributed by atoms with van der Waals surface area (Å²) in [5.41, 5.74) is 2.22. The molecule has 0 spiro atoms. The quantitative estimate of drug-likeness (QED) is 0.187. The Morgan fingerprint density at radius 1 is 1.02 bits per heavy atom. The van der Waals surface area contributed by atoms with Gasteiger partial charge in [-0.1, -0.05) is 61.7 Å². The van der Waals surface area contributed by atoms with Crippen molar-refractivity contribution in [3.63, 3.8) is 0 Å². The van der Waals surface area contributed by atoms with Gasteiger partial charge in [-0.25, -0.2) is 4.99 Å². The van der Waals surface area contributed by atoms with Gasteiger partial charge in [-0.15, -0.1) is 0 Å². The predicted octanol–water partition coefficient (Wildman–Crippen LogP) is 7.52. The summed E-state index contributed by atoms with van der Waals surface area (Å²) in [7, 11) is 3.18. The second-order valence-electron chi connectivity index (χ2n) is 10.1. The number of anilines is 1. The molecule has 228 valence electrons. The van der Waals surface area contributed by atoms with Gasteiger partial charge in [0.25, 0.3) is 0 Å². The second-order valence-corrected chi connectivity index (χ2v) is 11.7. The van der Waals surface area contributed by atoms with Crippen molar-refractivity contribution in [3.8, 4) is 17.2 Å². The molecule has 4 rings (SSSR count). The lowest BCUT2D eigenvalue weighted by atomic mass is 10.1. The number of amides is 2. The van der Waals surface area contributed by atoms with Crippen molar-refractivity contribution >= 4 is 51.7 Å². The van der Waals surface area contributed by atoms with Crippen molar-refractivity contribution in [3.05, 3.63) is 77.3 Å². The lowest BCUT2D eigenvalue weighted by molar-refractivity contribution is -0.129. The van der Waals surface area contributed by atoms with Gasteiger partial charge < -0.3 is 19.5 Å². The lowest BCUT2D eigenvalue weighted by Gasteiger charge is -2.32. The number of ether oxygens (including phenoxy) is 3. The number of benzene rings is 3. The van der Waals surface area contributed by atoms with E-state index in [1.54, 1.807) is 37.3 Å². The number of hydrogen-bond donors (Lipinski definition) is 1. The summed E-state index contributed by atoms with van der Waals surface area (Å²) < 4.78 is 16.6. The fourth-order valence-electron chi connectivity index (χ4n) is 4.57. The van der Waals surface area contributed by atoms with Gasteiger partial charge in [-0.2, -0.15) is 0 Å². The van der Waals surface area contributed by atoms with Crippen LogP contribution >= 0.6 is 23.4 Å². The average Bonchev–Trinajstić information content (AvgIpc) is 3.01. The summed E-state index contributed by atoms with van der Waals surface area (Å²) >= 11 is 7.47. The minimum atomic E-state index is -0.641. The SMILES string of the molecule is CCCCCCOc1ccc(NC(=O)[C@@H]2CC(=O)N(CCc3ccc(OC)c(OC)c3)C(=Nc3cccc(Cl)c3)S2)cc1. The Morgan fingerprint density at radius 3 is 2.53 bits per heavy atom. The zero-order valence-electron chi connectivity index (χ0n) is 24.8. The fraction of sp³-hybridized carbons (Fsp3) is 0.364. The zero-order chi connectivity index (χ0) is 30.6. The van der Waals surface area contributed by atoms with Crippen LogP contribution in [0.4, 0.5) is 11.4 Å². The third kappa shape index (κ3) is 9.40. The second kappa shape index (κ2) is 16.2. The first-order valence-corrected chi connectivity index (χ1v) is 15.7. The molecule has 1 N–H and O–H groups in total. The number of carbonyl (C=O) groups excluding carboxylic acids is 2. The van der Waals surface area contributed by atoms with Crippen molar-refractivity contribution in [1.82, 2.24) is 4.90 Å². The topological polar surface area (TPSA) is 89.5 Å². The highest BCUT2D eigenvalue weighted by Crippen LogP contribution is 2.32. The van der Waals surface area contributed by atoms with Crippen LogP contribution in [-0.4, -0.2) is 54.5 Å². The number of thioether (sulfide) groups is 1. The third-order valence-corrected chi connectivity index (χ3v) is 8.35. The number of rotatable bonds is 14. The van der Waals surface area contributed by atoms with Gasteiger partial charge in [-0.05, 0) is 73.0 Å². The normalized spacial score (nSPS) is 15.8. The first-order chi connectivity index (χ1) is 20.9. The van der Waals surface area contributed by atoms with E-state index in [4.69, 9.17) is 30.8 Å². The van der Waals surface area contributed by atoms with Gasteiger partial charge in [-0.3, -0.25) is 14.5 Å². The van der Waals surface area contributed by atoms with E-state index in [0.717, 1.165) is 24.2 Å². The first kappa shape index (κ1) is 32.2. The molecule has 3 aromatic carbocycles. The molecular weight excluding hydrogens is 586 g/mol. The Kier molecular flexibility index (Phi) is 12.2. The van der Waals surface area contributed by atoms with E-state index in [2.05, 4.69) is 12.2 Å². The van der Waals surface area contributed by atoms with Crippen molar-refractivity contribution < 1.29 is 23.8 Å². The molecule has 1 aliphatic rings. The van der Waals surface area contributed by atoms with Gasteiger partial charge in [0.15, 0.2) is 16.7 Å². The predicted molar refractivity (Wildman–Crippen MR) is 174 cm³/mol. The van der Waals surface area contributed by atoms with Gasteiger partial charge in [0.2, 0.25) is 11.8 Å². The smallest absolute Gasteiger partial charge is 0.238 e. The molecule has 0 aliphatic carbocycles. The van der Waals surface area contributed by atoms with Crippen LogP contribution in [0.5, 0.6) is 17.2 Å². The number of aliphatic imine (C=N–C) groups is 1. The summed E-state index contributed by atoms with van der Waals surface area (Å²) in [4.78, 5) is 33.1. The van der Waals surface area contributed by atoms with Crippen LogP contribution in [0.25, 0.3) is 0 Å². The summed E-state index contributed by atoms with van der Waals surface area (Å²) in [6, 6.07) is 20.1. The Balaban J connectivity index is 1.44. The molecule has 10 heteroatoms. The van der Waals surface area contributed by atoms with E-state index < -0.39 is 5.25 Å².